The standard InChI is InChI=1S/C42H38N4O4/c1-27-14-20-35(32-9-7-11-33(24-32)46-40(47)21-17-30-15-18-31(19-16-30)42(48)43-4)29(3)37(27)26-50-38-13-8-12-36-39(23-28(2)45-41(36)38)49-25-34-10-5-6-22-44-34/h5-24H,25-26H2,1-4H3,(H,43,48)(H,46,47)/b21-17+. The number of benzene rings is 4. The van der Waals surface area contributed by atoms with Crippen molar-refractivity contribution in [1.29, 1.82) is 0 Å². The largest absolute Gasteiger partial charge is 0.487 e. The van der Waals surface area contributed by atoms with Gasteiger partial charge in [-0.2, -0.15) is 0 Å². The monoisotopic (exact) mass is 662 g/mol. The zero-order chi connectivity index (χ0) is 35.0. The molecule has 2 N–H and O–H groups in total. The molecule has 2 heterocycles. The molecule has 50 heavy (non-hydrogen) atoms. The van der Waals surface area contributed by atoms with E-state index in [0.29, 0.717) is 30.2 Å². The van der Waals surface area contributed by atoms with Gasteiger partial charge in [-0.1, -0.05) is 48.5 Å². The summed E-state index contributed by atoms with van der Waals surface area (Å²) in [6.45, 7) is 6.84. The van der Waals surface area contributed by atoms with Crippen molar-refractivity contribution in [3.8, 4) is 22.6 Å². The third kappa shape index (κ3) is 7.88. The molecule has 0 bridgehead atoms. The molecule has 0 radical (unpaired) electrons. The molecule has 0 saturated heterocycles. The van der Waals surface area contributed by atoms with Gasteiger partial charge in [0.15, 0.2) is 0 Å². The van der Waals surface area contributed by atoms with E-state index in [4.69, 9.17) is 14.5 Å². The van der Waals surface area contributed by atoms with E-state index in [1.54, 1.807) is 43.6 Å². The van der Waals surface area contributed by atoms with Crippen LogP contribution in [0.15, 0.2) is 115 Å². The van der Waals surface area contributed by atoms with E-state index in [9.17, 15) is 9.59 Å². The summed E-state index contributed by atoms with van der Waals surface area (Å²) < 4.78 is 12.7. The first-order chi connectivity index (χ1) is 24.3. The number of aromatic nitrogens is 2. The Morgan fingerprint density at radius 1 is 0.800 bits per heavy atom. The van der Waals surface area contributed by atoms with Crippen LogP contribution in [0.1, 0.15) is 44.0 Å². The van der Waals surface area contributed by atoms with Gasteiger partial charge in [-0.25, -0.2) is 4.98 Å². The Kier molecular flexibility index (Phi) is 10.3. The van der Waals surface area contributed by atoms with Crippen molar-refractivity contribution < 1.29 is 19.1 Å². The Balaban J connectivity index is 1.17. The van der Waals surface area contributed by atoms with Crippen molar-refractivity contribution in [1.82, 2.24) is 15.3 Å². The molecule has 0 atom stereocenters. The van der Waals surface area contributed by atoms with Gasteiger partial charge in [0.05, 0.1) is 5.69 Å². The highest BCUT2D eigenvalue weighted by Crippen LogP contribution is 2.34. The zero-order valence-electron chi connectivity index (χ0n) is 28.5. The summed E-state index contributed by atoms with van der Waals surface area (Å²) in [5, 5.41) is 6.43. The Labute approximate surface area is 291 Å². The number of ether oxygens (including phenoxy) is 2. The average molecular weight is 663 g/mol. The van der Waals surface area contributed by atoms with Gasteiger partial charge in [0.2, 0.25) is 5.91 Å². The van der Waals surface area contributed by atoms with Gasteiger partial charge in [-0.05, 0) is 109 Å². The molecule has 0 aliphatic rings. The van der Waals surface area contributed by atoms with Crippen molar-refractivity contribution in [3.63, 3.8) is 0 Å². The van der Waals surface area contributed by atoms with Gasteiger partial charge in [0.1, 0.15) is 30.2 Å². The molecule has 2 aromatic heterocycles. The number of carbonyl (C=O) groups excluding carboxylic acids is 2. The van der Waals surface area contributed by atoms with E-state index >= 15 is 0 Å². The third-order valence-electron chi connectivity index (χ3n) is 8.47. The molecule has 6 rings (SSSR count). The van der Waals surface area contributed by atoms with Gasteiger partial charge in [-0.15, -0.1) is 0 Å². The fourth-order valence-corrected chi connectivity index (χ4v) is 5.77. The lowest BCUT2D eigenvalue weighted by atomic mass is 9.93. The predicted molar refractivity (Wildman–Crippen MR) is 198 cm³/mol. The van der Waals surface area contributed by atoms with Gasteiger partial charge in [-0.3, -0.25) is 14.6 Å². The molecule has 0 fully saturated rings. The van der Waals surface area contributed by atoms with E-state index in [1.165, 1.54) is 6.08 Å². The van der Waals surface area contributed by atoms with E-state index in [0.717, 1.165) is 61.4 Å². The smallest absolute Gasteiger partial charge is 0.251 e. The average Bonchev–Trinajstić information content (AvgIpc) is 3.13. The van der Waals surface area contributed by atoms with E-state index in [1.807, 2.05) is 73.7 Å². The number of rotatable bonds is 11. The fourth-order valence-electron chi connectivity index (χ4n) is 5.77. The topological polar surface area (TPSA) is 102 Å². The summed E-state index contributed by atoms with van der Waals surface area (Å²) >= 11 is 0. The minimum Gasteiger partial charge on any atom is -0.487 e. The third-order valence-corrected chi connectivity index (χ3v) is 8.47. The molecule has 0 aliphatic heterocycles. The highest BCUT2D eigenvalue weighted by molar-refractivity contribution is 6.02. The number of fused-ring (bicyclic) bond motifs is 1. The second kappa shape index (κ2) is 15.3. The summed E-state index contributed by atoms with van der Waals surface area (Å²) in [7, 11) is 1.59. The maximum Gasteiger partial charge on any atom is 0.251 e. The highest BCUT2D eigenvalue weighted by Gasteiger charge is 2.15. The number of para-hydroxylation sites is 1. The minimum absolute atomic E-state index is 0.156. The predicted octanol–water partition coefficient (Wildman–Crippen LogP) is 8.39. The normalized spacial score (nSPS) is 11.0. The van der Waals surface area contributed by atoms with Gasteiger partial charge in [0.25, 0.3) is 5.91 Å². The van der Waals surface area contributed by atoms with Crippen LogP contribution in [-0.4, -0.2) is 28.8 Å². The molecule has 8 nitrogen and oxygen atoms in total. The Hall–Kier alpha value is -6.28. The molecule has 0 spiro atoms. The molecule has 250 valence electrons. The Morgan fingerprint density at radius 3 is 2.38 bits per heavy atom. The van der Waals surface area contributed by atoms with E-state index in [2.05, 4.69) is 41.6 Å². The number of aryl methyl sites for hydroxylation is 2. The highest BCUT2D eigenvalue weighted by atomic mass is 16.5. The number of nitrogens with zero attached hydrogens (tertiary/aromatic N) is 2. The lowest BCUT2D eigenvalue weighted by Gasteiger charge is -2.17. The van der Waals surface area contributed by atoms with Crippen LogP contribution < -0.4 is 20.1 Å². The van der Waals surface area contributed by atoms with Crippen LogP contribution in [-0.2, 0) is 18.0 Å². The lowest BCUT2D eigenvalue weighted by Crippen LogP contribution is -2.17. The van der Waals surface area contributed by atoms with Crippen molar-refractivity contribution >= 4 is 34.5 Å². The molecule has 0 unspecified atom stereocenters. The lowest BCUT2D eigenvalue weighted by molar-refractivity contribution is -0.111. The van der Waals surface area contributed by atoms with Gasteiger partial charge in [0, 0.05) is 47.7 Å². The second-order valence-corrected chi connectivity index (χ2v) is 12.0. The summed E-state index contributed by atoms with van der Waals surface area (Å²) in [5.74, 6) is 1.00. The second-order valence-electron chi connectivity index (χ2n) is 12.0. The maximum atomic E-state index is 12.8. The van der Waals surface area contributed by atoms with Crippen molar-refractivity contribution in [3.05, 3.63) is 155 Å². The SMILES string of the molecule is CNC(=O)c1ccc(/C=C/C(=O)Nc2cccc(-c3ccc(C)c(COc4cccc5c(OCc6ccccn6)cc(C)nc45)c3C)c2)cc1. The molecular weight excluding hydrogens is 624 g/mol. The molecule has 8 heteroatoms. The number of nitrogens with one attached hydrogen (secondary N) is 2. The number of pyridine rings is 2. The molecular formula is C42H38N4O4. The summed E-state index contributed by atoms with van der Waals surface area (Å²) in [6.07, 6.45) is 4.95. The minimum atomic E-state index is -0.253. The first-order valence-corrected chi connectivity index (χ1v) is 16.4. The Bertz CT molecular complexity index is 2200. The number of hydrogen-bond acceptors (Lipinski definition) is 6. The van der Waals surface area contributed by atoms with Crippen molar-refractivity contribution in [2.45, 2.75) is 34.0 Å². The quantitative estimate of drug-likeness (QED) is 0.135. The van der Waals surface area contributed by atoms with Crippen LogP contribution in [0.25, 0.3) is 28.1 Å². The first-order valence-electron chi connectivity index (χ1n) is 16.4. The number of hydrogen-bond donors (Lipinski definition) is 2. The number of carbonyl (C=O) groups is 2. The molecule has 2 amide bonds. The van der Waals surface area contributed by atoms with Crippen LogP contribution in [0.2, 0.25) is 0 Å². The van der Waals surface area contributed by atoms with Crippen LogP contribution in [0.3, 0.4) is 0 Å². The van der Waals surface area contributed by atoms with Crippen LogP contribution in [0.4, 0.5) is 5.69 Å². The van der Waals surface area contributed by atoms with Crippen molar-refractivity contribution in [2.75, 3.05) is 12.4 Å². The fraction of sp³-hybridized carbons (Fsp3) is 0.143. The summed E-state index contributed by atoms with van der Waals surface area (Å²) in [4.78, 5) is 33.8. The Morgan fingerprint density at radius 2 is 1.60 bits per heavy atom. The molecule has 6 aromatic rings. The van der Waals surface area contributed by atoms with Crippen LogP contribution >= 0.6 is 0 Å². The van der Waals surface area contributed by atoms with E-state index < -0.39 is 0 Å². The van der Waals surface area contributed by atoms with E-state index in [-0.39, 0.29) is 11.8 Å². The van der Waals surface area contributed by atoms with Crippen LogP contribution in [0.5, 0.6) is 11.5 Å². The zero-order valence-corrected chi connectivity index (χ0v) is 28.5. The number of anilines is 1. The molecule has 0 aliphatic carbocycles. The van der Waals surface area contributed by atoms with Crippen LogP contribution in [0, 0.1) is 20.8 Å². The van der Waals surface area contributed by atoms with Crippen molar-refractivity contribution in [2.24, 2.45) is 0 Å². The molecule has 0 saturated carbocycles. The summed E-state index contributed by atoms with van der Waals surface area (Å²) in [6, 6.07) is 32.6. The number of amides is 2. The van der Waals surface area contributed by atoms with Gasteiger partial charge < -0.3 is 20.1 Å². The summed E-state index contributed by atoms with van der Waals surface area (Å²) in [5.41, 5.74) is 9.81. The maximum absolute atomic E-state index is 12.8. The molecule has 4 aromatic carbocycles. The van der Waals surface area contributed by atoms with Gasteiger partial charge >= 0.3 is 0 Å². The first kappa shape index (κ1) is 33.6.